The van der Waals surface area contributed by atoms with Crippen molar-refractivity contribution in [2.24, 2.45) is 10.8 Å². The number of esters is 1. The van der Waals surface area contributed by atoms with E-state index in [1.54, 1.807) is 20.3 Å². The third-order valence-electron chi connectivity index (χ3n) is 17.0. The molecule has 64 heavy (non-hydrogen) atoms. The van der Waals surface area contributed by atoms with E-state index in [0.29, 0.717) is 13.0 Å². The number of terminal acetylenes is 1. The van der Waals surface area contributed by atoms with Crippen molar-refractivity contribution < 1.29 is 44.2 Å². The first-order valence-corrected chi connectivity index (χ1v) is 22.8. The first kappa shape index (κ1) is 46.2. The fourth-order valence-corrected chi connectivity index (χ4v) is 15.2. The number of likely N-dealkylation sites (N-methyl/N-ethyl adjacent to an activating group) is 2. The van der Waals surface area contributed by atoms with E-state index in [0.717, 1.165) is 68.3 Å². The molecule has 2 aromatic carbocycles. The van der Waals surface area contributed by atoms with Crippen LogP contribution in [0.25, 0.3) is 0 Å². The normalized spacial score (nSPS) is 39.1. The number of benzene rings is 2. The minimum Gasteiger partial charge on any atom is -0.497 e. The number of ether oxygens (including phenoxy) is 4. The zero-order valence-corrected chi connectivity index (χ0v) is 38.6. The Hall–Kier alpha value is -4.39. The van der Waals surface area contributed by atoms with Crippen LogP contribution in [0.2, 0.25) is 0 Å². The average molecular weight is 881 g/mol. The molecule has 12 atom stereocenters. The lowest BCUT2D eigenvalue weighted by atomic mass is 9.48. The van der Waals surface area contributed by atoms with Gasteiger partial charge in [0.15, 0.2) is 0 Å². The predicted octanol–water partition coefficient (Wildman–Crippen LogP) is 3.81. The molecule has 0 amide bonds. The van der Waals surface area contributed by atoms with Gasteiger partial charge in [-0.15, -0.1) is 19.4 Å². The number of carbonyl (C=O) groups excluding carboxylic acids is 1. The van der Waals surface area contributed by atoms with Crippen LogP contribution in [0.4, 0.5) is 11.4 Å². The maximum atomic E-state index is 12.7. The van der Waals surface area contributed by atoms with Gasteiger partial charge in [-0.1, -0.05) is 56.4 Å². The first-order valence-electron chi connectivity index (χ1n) is 22.8. The molecule has 13 nitrogen and oxygen atoms in total. The molecule has 8 aliphatic rings. The number of aliphatic hydroxyl groups is 4. The third kappa shape index (κ3) is 5.79. The molecule has 0 bridgehead atoms. The molecule has 346 valence electrons. The van der Waals surface area contributed by atoms with E-state index in [9.17, 15) is 25.2 Å². The zero-order chi connectivity index (χ0) is 46.2. The number of fused-ring (bicyclic) bond motifs is 2. The number of hydrogen-bond donors (Lipinski definition) is 4. The van der Waals surface area contributed by atoms with Gasteiger partial charge >= 0.3 is 5.97 Å². The molecule has 4 fully saturated rings. The maximum absolute atomic E-state index is 12.7. The summed E-state index contributed by atoms with van der Waals surface area (Å²) in [4.78, 5) is 21.7. The van der Waals surface area contributed by atoms with Crippen molar-refractivity contribution in [3.05, 3.63) is 84.5 Å². The molecule has 0 aromatic heterocycles. The molecular weight excluding hydrogens is 813 g/mol. The van der Waals surface area contributed by atoms with Crippen molar-refractivity contribution in [1.29, 1.82) is 0 Å². The molecular formula is C51H68N4O9. The summed E-state index contributed by atoms with van der Waals surface area (Å²) in [6.45, 7) is 12.8. The molecule has 2 aliphatic carbocycles. The Balaban J connectivity index is 0.000000171. The lowest BCUT2D eigenvalue weighted by molar-refractivity contribution is -0.232. The van der Waals surface area contributed by atoms with Crippen LogP contribution < -0.4 is 19.3 Å². The molecule has 6 heterocycles. The minimum absolute atomic E-state index is 0.0428. The molecule has 4 N–H and O–H groups in total. The summed E-state index contributed by atoms with van der Waals surface area (Å²) in [7, 11) is 7.32. The number of hydrogen-bond acceptors (Lipinski definition) is 13. The zero-order valence-electron chi connectivity index (χ0n) is 38.6. The Morgan fingerprint density at radius 3 is 1.75 bits per heavy atom. The van der Waals surface area contributed by atoms with E-state index >= 15 is 0 Å². The van der Waals surface area contributed by atoms with Crippen LogP contribution in [0.5, 0.6) is 11.5 Å². The van der Waals surface area contributed by atoms with Gasteiger partial charge in [0.05, 0.1) is 52.2 Å². The monoisotopic (exact) mass is 880 g/mol. The molecule has 6 aliphatic heterocycles. The lowest BCUT2D eigenvalue weighted by Crippen LogP contribution is -2.80. The van der Waals surface area contributed by atoms with Crippen LogP contribution in [-0.2, 0) is 25.1 Å². The fraction of sp³-hybridized carbons (Fsp3) is 0.588. The summed E-state index contributed by atoms with van der Waals surface area (Å²) in [5, 5.41) is 46.5. The lowest BCUT2D eigenvalue weighted by Gasteiger charge is -2.64. The Labute approximate surface area is 378 Å². The predicted molar refractivity (Wildman–Crippen MR) is 247 cm³/mol. The second-order valence-corrected chi connectivity index (χ2v) is 19.2. The topological polar surface area (TPSA) is 148 Å². The van der Waals surface area contributed by atoms with Gasteiger partial charge in [-0.2, -0.15) is 0 Å². The molecule has 0 unspecified atom stereocenters. The van der Waals surface area contributed by atoms with Gasteiger partial charge in [0.2, 0.25) is 0 Å². The highest BCUT2D eigenvalue weighted by Crippen LogP contribution is 2.68. The van der Waals surface area contributed by atoms with Gasteiger partial charge in [0.1, 0.15) is 28.8 Å². The van der Waals surface area contributed by atoms with Crippen molar-refractivity contribution in [3.63, 3.8) is 0 Å². The van der Waals surface area contributed by atoms with Gasteiger partial charge in [-0.25, -0.2) is 0 Å². The summed E-state index contributed by atoms with van der Waals surface area (Å²) >= 11 is 0. The smallest absolute Gasteiger partial charge is 0.303 e. The van der Waals surface area contributed by atoms with Crippen LogP contribution in [0.3, 0.4) is 0 Å². The first-order chi connectivity index (χ1) is 30.7. The summed E-state index contributed by atoms with van der Waals surface area (Å²) < 4.78 is 23.1. The molecule has 2 saturated carbocycles. The minimum atomic E-state index is -1.62. The van der Waals surface area contributed by atoms with E-state index in [1.807, 2.05) is 32.3 Å². The van der Waals surface area contributed by atoms with Crippen LogP contribution in [0, 0.1) is 23.7 Å². The van der Waals surface area contributed by atoms with Gasteiger partial charge in [-0.3, -0.25) is 14.6 Å². The Morgan fingerprint density at radius 2 is 1.30 bits per heavy atom. The molecule has 2 spiro atoms. The average Bonchev–Trinajstić information content (AvgIpc) is 4.04. The van der Waals surface area contributed by atoms with Crippen LogP contribution in [0.15, 0.2) is 73.4 Å². The standard InChI is InChI=1S/C27H36N2O5.C22H30N2O4.C2H2/c1-6-15-33-17-27(31)23-26(20-10-9-19(32-5)16-21(20)28(23)4)12-14-29-13-8-11-25(7-2,22(26)29)24(27)34-18(3)30;1-4-20-8-5-10-24-11-9-21(17(20)24)15-7-6-14(28-3)12-16(15)23(2)18(21)22(27,13-25)19(20)26;1-2/h6,8-11,16,22-24,31H,1,7,12-15,17H2,2-5H3;5-8,12,17-19,25-27H,4,9-11,13H2,1-3H3;1-2H/t22-,23+,24+,25+,26+,27+;17-,18+,19+,20+,21+,22+;/m00./s1. The summed E-state index contributed by atoms with van der Waals surface area (Å²) in [6, 6.07) is 11.8. The van der Waals surface area contributed by atoms with E-state index in [4.69, 9.17) is 18.9 Å². The van der Waals surface area contributed by atoms with Crippen molar-refractivity contribution in [3.8, 4) is 24.3 Å². The van der Waals surface area contributed by atoms with Gasteiger partial charge < -0.3 is 49.2 Å². The molecule has 0 radical (unpaired) electrons. The summed E-state index contributed by atoms with van der Waals surface area (Å²) in [5.74, 6) is 1.16. The van der Waals surface area contributed by atoms with Gasteiger partial charge in [-0.05, 0) is 62.0 Å². The fourth-order valence-electron chi connectivity index (χ4n) is 15.2. The quantitative estimate of drug-likeness (QED) is 0.119. The van der Waals surface area contributed by atoms with Crippen LogP contribution in [0.1, 0.15) is 57.6 Å². The van der Waals surface area contributed by atoms with E-state index in [2.05, 4.69) is 95.4 Å². The molecule has 2 saturated heterocycles. The second kappa shape index (κ2) is 16.5. The van der Waals surface area contributed by atoms with Crippen LogP contribution in [-0.4, -0.2) is 158 Å². The summed E-state index contributed by atoms with van der Waals surface area (Å²) in [5.41, 5.74) is -0.413. The Bertz CT molecular complexity index is 2220. The number of nitrogens with zero attached hydrogens (tertiary/aromatic N) is 4. The van der Waals surface area contributed by atoms with Crippen molar-refractivity contribution in [2.75, 3.05) is 84.1 Å². The van der Waals surface area contributed by atoms with Crippen molar-refractivity contribution in [2.45, 2.75) is 105 Å². The van der Waals surface area contributed by atoms with Gasteiger partial charge in [0.25, 0.3) is 0 Å². The number of anilines is 2. The largest absolute Gasteiger partial charge is 0.497 e. The second-order valence-electron chi connectivity index (χ2n) is 19.2. The van der Waals surface area contributed by atoms with E-state index < -0.39 is 52.9 Å². The number of rotatable bonds is 10. The van der Waals surface area contributed by atoms with Crippen molar-refractivity contribution in [1.82, 2.24) is 9.80 Å². The van der Waals surface area contributed by atoms with E-state index in [-0.39, 0.29) is 35.6 Å². The number of methoxy groups -OCH3 is 2. The number of carbonyl (C=O) groups is 1. The van der Waals surface area contributed by atoms with Gasteiger partial charge in [0, 0.05) is 91.4 Å². The number of aliphatic hydroxyl groups excluding tert-OH is 2. The maximum Gasteiger partial charge on any atom is 0.303 e. The Kier molecular flexibility index (Phi) is 11.9. The molecule has 10 rings (SSSR count). The highest BCUT2D eigenvalue weighted by molar-refractivity contribution is 5.72. The van der Waals surface area contributed by atoms with Crippen molar-refractivity contribution >= 4 is 17.3 Å². The van der Waals surface area contributed by atoms with Crippen LogP contribution >= 0.6 is 0 Å². The molecule has 13 heteroatoms. The third-order valence-corrected chi connectivity index (χ3v) is 17.0. The SMILES string of the molecule is C#C.C=CCOC[C@]1(O)[C@H](OC(C)=O)[C@]2(CC)C=CCN3CC[C@@]4(c5ccc(OC)cc5N(C)[C@@H]14)[C@@H]32.CC[C@]12C=CCN3CC[C@@]4(c5ccc(OC)cc5N(C)[C@H]4[C@](O)(CO)[C@@H]1O)[C@@H]32. The Morgan fingerprint density at radius 1 is 0.812 bits per heavy atom. The van der Waals surface area contributed by atoms with E-state index in [1.165, 1.54) is 18.1 Å². The summed E-state index contributed by atoms with van der Waals surface area (Å²) in [6.07, 6.45) is 19.7. The molecule has 2 aromatic rings. The highest BCUT2D eigenvalue weighted by Gasteiger charge is 2.79. The highest BCUT2D eigenvalue weighted by atomic mass is 16.6.